The maximum atomic E-state index is 12.6. The van der Waals surface area contributed by atoms with E-state index in [2.05, 4.69) is 20.3 Å². The van der Waals surface area contributed by atoms with Crippen molar-refractivity contribution < 1.29 is 9.53 Å². The molecular formula is C25H19N5O2. The Kier molecular flexibility index (Phi) is 5.05. The molecule has 0 aliphatic rings. The van der Waals surface area contributed by atoms with Crippen molar-refractivity contribution in [1.82, 2.24) is 19.5 Å². The first-order valence-electron chi connectivity index (χ1n) is 10.1. The maximum absolute atomic E-state index is 12.6. The van der Waals surface area contributed by atoms with E-state index in [4.69, 9.17) is 4.74 Å². The summed E-state index contributed by atoms with van der Waals surface area (Å²) >= 11 is 0. The van der Waals surface area contributed by atoms with Crippen molar-refractivity contribution in [1.29, 1.82) is 0 Å². The number of hydrogen-bond donors (Lipinski definition) is 1. The average Bonchev–Trinajstić information content (AvgIpc) is 3.26. The van der Waals surface area contributed by atoms with Crippen molar-refractivity contribution in [3.63, 3.8) is 0 Å². The first-order chi connectivity index (χ1) is 15.7. The fraction of sp³-hybridized carbons (Fsp3) is 0.0400. The first kappa shape index (κ1) is 19.4. The Hall–Kier alpha value is -4.52. The van der Waals surface area contributed by atoms with Crippen molar-refractivity contribution in [2.45, 2.75) is 6.92 Å². The number of rotatable bonds is 5. The third kappa shape index (κ3) is 4.04. The molecule has 0 radical (unpaired) electrons. The quantitative estimate of drug-likeness (QED) is 0.423. The van der Waals surface area contributed by atoms with Gasteiger partial charge in [0.2, 0.25) is 5.88 Å². The van der Waals surface area contributed by atoms with Crippen LogP contribution in [0, 0.1) is 6.92 Å². The van der Waals surface area contributed by atoms with Crippen molar-refractivity contribution in [3.8, 4) is 17.4 Å². The molecule has 1 N–H and O–H groups in total. The van der Waals surface area contributed by atoms with Crippen LogP contribution in [0.1, 0.15) is 16.2 Å². The standard InChI is InChI=1S/C25H19N5O2/c1-17-26-12-13-30(17)23-15-24(28-16-27-23)32-22-10-8-21(9-11-22)29-25(31)20-7-6-18-4-2-3-5-19(18)14-20/h2-16H,1H3,(H,29,31). The Balaban J connectivity index is 1.28. The van der Waals surface area contributed by atoms with Crippen LogP contribution in [0.5, 0.6) is 11.6 Å². The summed E-state index contributed by atoms with van der Waals surface area (Å²) in [6.07, 6.45) is 4.99. The highest BCUT2D eigenvalue weighted by Gasteiger charge is 2.09. The molecule has 0 saturated heterocycles. The van der Waals surface area contributed by atoms with E-state index >= 15 is 0 Å². The summed E-state index contributed by atoms with van der Waals surface area (Å²) in [6, 6.07) is 22.5. The molecule has 0 atom stereocenters. The van der Waals surface area contributed by atoms with Gasteiger partial charge in [-0.15, -0.1) is 0 Å². The van der Waals surface area contributed by atoms with Crippen molar-refractivity contribution in [2.75, 3.05) is 5.32 Å². The number of hydrogen-bond acceptors (Lipinski definition) is 5. The van der Waals surface area contributed by atoms with E-state index in [0.717, 1.165) is 16.6 Å². The van der Waals surface area contributed by atoms with Crippen LogP contribution in [-0.2, 0) is 0 Å². The number of fused-ring (bicyclic) bond motifs is 1. The van der Waals surface area contributed by atoms with Crippen LogP contribution in [0.3, 0.4) is 0 Å². The van der Waals surface area contributed by atoms with Crippen LogP contribution in [0.25, 0.3) is 16.6 Å². The lowest BCUT2D eigenvalue weighted by Crippen LogP contribution is -2.11. The lowest BCUT2D eigenvalue weighted by molar-refractivity contribution is 0.102. The molecule has 0 bridgehead atoms. The number of nitrogens with zero attached hydrogens (tertiary/aromatic N) is 4. The monoisotopic (exact) mass is 421 g/mol. The van der Waals surface area contributed by atoms with E-state index in [9.17, 15) is 4.79 Å². The van der Waals surface area contributed by atoms with Gasteiger partial charge in [-0.25, -0.2) is 15.0 Å². The molecule has 32 heavy (non-hydrogen) atoms. The lowest BCUT2D eigenvalue weighted by atomic mass is 10.1. The molecular weight excluding hydrogens is 402 g/mol. The zero-order chi connectivity index (χ0) is 21.9. The van der Waals surface area contributed by atoms with Gasteiger partial charge in [-0.3, -0.25) is 9.36 Å². The molecule has 0 aliphatic heterocycles. The van der Waals surface area contributed by atoms with Gasteiger partial charge in [0, 0.05) is 29.7 Å². The summed E-state index contributed by atoms with van der Waals surface area (Å²) in [5, 5.41) is 5.04. The molecule has 5 rings (SSSR count). The van der Waals surface area contributed by atoms with E-state index in [-0.39, 0.29) is 5.91 Å². The van der Waals surface area contributed by atoms with E-state index in [0.29, 0.717) is 28.7 Å². The minimum atomic E-state index is -0.166. The zero-order valence-electron chi connectivity index (χ0n) is 17.3. The number of nitrogens with one attached hydrogen (secondary N) is 1. The largest absolute Gasteiger partial charge is 0.439 e. The summed E-state index contributed by atoms with van der Waals surface area (Å²) < 4.78 is 7.70. The number of anilines is 1. The van der Waals surface area contributed by atoms with Crippen LogP contribution in [0.15, 0.2) is 91.5 Å². The third-order valence-electron chi connectivity index (χ3n) is 5.05. The van der Waals surface area contributed by atoms with E-state index in [1.807, 2.05) is 60.2 Å². The lowest BCUT2D eigenvalue weighted by Gasteiger charge is -2.09. The van der Waals surface area contributed by atoms with Gasteiger partial charge in [0.15, 0.2) is 0 Å². The Bertz CT molecular complexity index is 1410. The molecule has 7 nitrogen and oxygen atoms in total. The molecule has 5 aromatic rings. The third-order valence-corrected chi connectivity index (χ3v) is 5.05. The molecule has 0 unspecified atom stereocenters. The normalized spacial score (nSPS) is 10.8. The zero-order valence-corrected chi connectivity index (χ0v) is 17.3. The second-order valence-corrected chi connectivity index (χ2v) is 7.20. The molecule has 0 aliphatic carbocycles. The Morgan fingerprint density at radius 2 is 1.72 bits per heavy atom. The number of aryl methyl sites for hydroxylation is 1. The molecule has 3 aromatic carbocycles. The predicted octanol–water partition coefficient (Wildman–Crippen LogP) is 5.17. The Morgan fingerprint density at radius 1 is 0.906 bits per heavy atom. The molecule has 7 heteroatoms. The second-order valence-electron chi connectivity index (χ2n) is 7.20. The summed E-state index contributed by atoms with van der Waals surface area (Å²) in [4.78, 5) is 25.3. The molecule has 1 amide bonds. The first-order valence-corrected chi connectivity index (χ1v) is 10.1. The van der Waals surface area contributed by atoms with Gasteiger partial charge in [-0.1, -0.05) is 30.3 Å². The highest BCUT2D eigenvalue weighted by Crippen LogP contribution is 2.23. The molecule has 156 valence electrons. The van der Waals surface area contributed by atoms with Gasteiger partial charge in [0.25, 0.3) is 5.91 Å². The van der Waals surface area contributed by atoms with Crippen LogP contribution in [0.2, 0.25) is 0 Å². The van der Waals surface area contributed by atoms with Crippen LogP contribution < -0.4 is 10.1 Å². The smallest absolute Gasteiger partial charge is 0.255 e. The number of benzene rings is 3. The van der Waals surface area contributed by atoms with Gasteiger partial charge >= 0.3 is 0 Å². The van der Waals surface area contributed by atoms with Gasteiger partial charge in [0.05, 0.1) is 0 Å². The number of aromatic nitrogens is 4. The molecule has 0 fully saturated rings. The number of carbonyl (C=O) groups is 1. The summed E-state index contributed by atoms with van der Waals surface area (Å²) in [5.41, 5.74) is 1.28. The molecule has 2 aromatic heterocycles. The van der Waals surface area contributed by atoms with E-state index < -0.39 is 0 Å². The SMILES string of the molecule is Cc1nccn1-c1cc(Oc2ccc(NC(=O)c3ccc4ccccc4c3)cc2)ncn1. The highest BCUT2D eigenvalue weighted by atomic mass is 16.5. The minimum Gasteiger partial charge on any atom is -0.439 e. The number of amides is 1. The number of imidazole rings is 1. The second kappa shape index (κ2) is 8.31. The van der Waals surface area contributed by atoms with Crippen molar-refractivity contribution in [2.24, 2.45) is 0 Å². The molecule has 0 spiro atoms. The van der Waals surface area contributed by atoms with Crippen molar-refractivity contribution in [3.05, 3.63) is 103 Å². The number of ether oxygens (including phenoxy) is 1. The molecule has 2 heterocycles. The average molecular weight is 421 g/mol. The Morgan fingerprint density at radius 3 is 2.50 bits per heavy atom. The fourth-order valence-corrected chi connectivity index (χ4v) is 3.40. The van der Waals surface area contributed by atoms with Gasteiger partial charge in [0.1, 0.15) is 23.7 Å². The van der Waals surface area contributed by atoms with Crippen molar-refractivity contribution >= 4 is 22.4 Å². The Labute approximate surface area is 184 Å². The topological polar surface area (TPSA) is 81.9 Å². The fourth-order valence-electron chi connectivity index (χ4n) is 3.40. The summed E-state index contributed by atoms with van der Waals surface area (Å²) in [5.74, 6) is 2.34. The minimum absolute atomic E-state index is 0.166. The van der Waals surface area contributed by atoms with Gasteiger partial charge in [-0.05, 0) is 54.1 Å². The highest BCUT2D eigenvalue weighted by molar-refractivity contribution is 6.06. The van der Waals surface area contributed by atoms with Crippen LogP contribution in [-0.4, -0.2) is 25.4 Å². The van der Waals surface area contributed by atoms with Gasteiger partial charge < -0.3 is 10.1 Å². The van der Waals surface area contributed by atoms with Gasteiger partial charge in [-0.2, -0.15) is 0 Å². The predicted molar refractivity (Wildman–Crippen MR) is 122 cm³/mol. The number of carbonyl (C=O) groups excluding carboxylic acids is 1. The summed E-state index contributed by atoms with van der Waals surface area (Å²) in [6.45, 7) is 1.90. The van der Waals surface area contributed by atoms with E-state index in [1.54, 1.807) is 36.5 Å². The van der Waals surface area contributed by atoms with Crippen LogP contribution >= 0.6 is 0 Å². The maximum Gasteiger partial charge on any atom is 0.255 e. The van der Waals surface area contributed by atoms with E-state index in [1.165, 1.54) is 6.33 Å². The summed E-state index contributed by atoms with van der Waals surface area (Å²) in [7, 11) is 0. The molecule has 0 saturated carbocycles. The van der Waals surface area contributed by atoms with Crippen LogP contribution in [0.4, 0.5) is 5.69 Å².